The Balaban J connectivity index is 1.48. The molecule has 1 aliphatic rings. The first-order valence-corrected chi connectivity index (χ1v) is 10.3. The number of hydrogen-bond acceptors (Lipinski definition) is 5. The van der Waals surface area contributed by atoms with Crippen molar-refractivity contribution < 1.29 is 9.59 Å². The molecular formula is C20H25N5O2S. The van der Waals surface area contributed by atoms with Gasteiger partial charge in [-0.25, -0.2) is 4.98 Å². The van der Waals surface area contributed by atoms with Crippen LogP contribution in [-0.4, -0.2) is 40.7 Å². The molecule has 0 aliphatic carbocycles. The van der Waals surface area contributed by atoms with Gasteiger partial charge in [0.05, 0.1) is 16.8 Å². The minimum absolute atomic E-state index is 0.216. The second-order valence-electron chi connectivity index (χ2n) is 7.13. The van der Waals surface area contributed by atoms with Gasteiger partial charge in [-0.2, -0.15) is 0 Å². The van der Waals surface area contributed by atoms with Crippen LogP contribution >= 0.6 is 11.3 Å². The number of amides is 2. The Morgan fingerprint density at radius 1 is 1.25 bits per heavy atom. The number of anilines is 1. The normalized spacial score (nSPS) is 14.1. The zero-order valence-electron chi connectivity index (χ0n) is 16.1. The van der Waals surface area contributed by atoms with Gasteiger partial charge in [0.2, 0.25) is 0 Å². The average molecular weight is 400 g/mol. The van der Waals surface area contributed by atoms with E-state index >= 15 is 0 Å². The highest BCUT2D eigenvalue weighted by Crippen LogP contribution is 2.23. The number of rotatable bonds is 8. The molecule has 0 atom stereocenters. The summed E-state index contributed by atoms with van der Waals surface area (Å²) in [4.78, 5) is 34.8. The van der Waals surface area contributed by atoms with Crippen molar-refractivity contribution in [1.29, 1.82) is 0 Å². The fourth-order valence-electron chi connectivity index (χ4n) is 2.93. The standard InChI is InChI=1S/C20H25N5O2S/c1-13(2)9-10-22-19(21)24-20-23-14(12-28-20)6-5-11-25-17(26)15-7-3-4-8-16(15)18(25)27/h3-4,7-8,12-13H,5-6,9-11H2,1-2H3,(H3,21,22,23,24). The van der Waals surface area contributed by atoms with Crippen LogP contribution < -0.4 is 11.1 Å². The first kappa shape index (κ1) is 20.0. The maximum Gasteiger partial charge on any atom is 0.261 e. The lowest BCUT2D eigenvalue weighted by atomic mass is 10.1. The van der Waals surface area contributed by atoms with Gasteiger partial charge in [0.25, 0.3) is 11.8 Å². The molecule has 0 saturated heterocycles. The topological polar surface area (TPSA) is 101 Å². The Labute approximate surface area is 168 Å². The van der Waals surface area contributed by atoms with Crippen LogP contribution in [0.2, 0.25) is 0 Å². The smallest absolute Gasteiger partial charge is 0.261 e. The predicted octanol–water partition coefficient (Wildman–Crippen LogP) is 3.14. The molecule has 0 bridgehead atoms. The van der Waals surface area contributed by atoms with Crippen LogP contribution in [0.5, 0.6) is 0 Å². The van der Waals surface area contributed by atoms with Crippen LogP contribution in [0.25, 0.3) is 0 Å². The predicted molar refractivity (Wildman–Crippen MR) is 112 cm³/mol. The van der Waals surface area contributed by atoms with Gasteiger partial charge in [0.1, 0.15) is 0 Å². The molecule has 28 heavy (non-hydrogen) atoms. The van der Waals surface area contributed by atoms with Crippen molar-refractivity contribution in [2.75, 3.05) is 18.4 Å². The lowest BCUT2D eigenvalue weighted by Gasteiger charge is -2.12. The van der Waals surface area contributed by atoms with E-state index in [2.05, 4.69) is 29.1 Å². The number of hydrogen-bond donors (Lipinski definition) is 2. The minimum atomic E-state index is -0.216. The highest BCUT2D eigenvalue weighted by atomic mass is 32.1. The monoisotopic (exact) mass is 399 g/mol. The fraction of sp³-hybridized carbons (Fsp3) is 0.400. The Bertz CT molecular complexity index is 855. The summed E-state index contributed by atoms with van der Waals surface area (Å²) in [5, 5.41) is 5.66. The first-order valence-electron chi connectivity index (χ1n) is 9.42. The summed E-state index contributed by atoms with van der Waals surface area (Å²) in [6.45, 7) is 5.36. The number of nitrogens with zero attached hydrogens (tertiary/aromatic N) is 3. The van der Waals surface area contributed by atoms with E-state index in [0.29, 0.717) is 54.1 Å². The lowest BCUT2D eigenvalue weighted by molar-refractivity contribution is 0.0652. The van der Waals surface area contributed by atoms with Gasteiger partial charge < -0.3 is 11.1 Å². The average Bonchev–Trinajstić information content (AvgIpc) is 3.19. The van der Waals surface area contributed by atoms with Gasteiger partial charge in [0, 0.05) is 18.5 Å². The third-order valence-electron chi connectivity index (χ3n) is 4.47. The number of guanidine groups is 1. The van der Waals surface area contributed by atoms with Crippen molar-refractivity contribution >= 4 is 34.2 Å². The zero-order chi connectivity index (χ0) is 20.1. The van der Waals surface area contributed by atoms with Gasteiger partial charge in [-0.05, 0) is 37.3 Å². The van der Waals surface area contributed by atoms with Gasteiger partial charge in [-0.1, -0.05) is 26.0 Å². The summed E-state index contributed by atoms with van der Waals surface area (Å²) in [5.41, 5.74) is 7.75. The number of nitrogens with one attached hydrogen (secondary N) is 1. The Kier molecular flexibility index (Phi) is 6.41. The van der Waals surface area contributed by atoms with E-state index in [0.717, 1.165) is 12.1 Å². The molecule has 2 aromatic rings. The molecule has 148 valence electrons. The summed E-state index contributed by atoms with van der Waals surface area (Å²) in [7, 11) is 0. The number of imide groups is 1. The molecule has 3 N–H and O–H groups in total. The molecule has 3 rings (SSSR count). The molecule has 2 amide bonds. The van der Waals surface area contributed by atoms with Crippen LogP contribution in [0, 0.1) is 5.92 Å². The number of carbonyl (C=O) groups is 2. The number of nitrogens with two attached hydrogens (primary N) is 1. The second kappa shape index (κ2) is 8.97. The van der Waals surface area contributed by atoms with Crippen molar-refractivity contribution in [3.05, 3.63) is 46.5 Å². The van der Waals surface area contributed by atoms with Crippen LogP contribution in [0.1, 0.15) is 53.1 Å². The number of aliphatic imine (C=N–C) groups is 1. The van der Waals surface area contributed by atoms with E-state index in [9.17, 15) is 9.59 Å². The quantitative estimate of drug-likeness (QED) is 0.403. The highest BCUT2D eigenvalue weighted by molar-refractivity contribution is 7.13. The number of aryl methyl sites for hydroxylation is 1. The highest BCUT2D eigenvalue weighted by Gasteiger charge is 2.34. The molecule has 0 spiro atoms. The number of aromatic nitrogens is 1. The van der Waals surface area contributed by atoms with Crippen LogP contribution in [0.3, 0.4) is 0 Å². The van der Waals surface area contributed by atoms with Crippen molar-refractivity contribution in [2.45, 2.75) is 33.1 Å². The minimum Gasteiger partial charge on any atom is -0.370 e. The lowest BCUT2D eigenvalue weighted by Crippen LogP contribution is -2.31. The first-order chi connectivity index (χ1) is 13.5. The van der Waals surface area contributed by atoms with Crippen molar-refractivity contribution in [2.24, 2.45) is 16.6 Å². The maximum atomic E-state index is 12.4. The molecule has 7 nitrogen and oxygen atoms in total. The van der Waals surface area contributed by atoms with Crippen molar-refractivity contribution in [3.8, 4) is 0 Å². The molecule has 0 unspecified atom stereocenters. The molecule has 0 saturated carbocycles. The third-order valence-corrected chi connectivity index (χ3v) is 5.27. The summed E-state index contributed by atoms with van der Waals surface area (Å²) in [6.07, 6.45) is 2.33. The van der Waals surface area contributed by atoms with Crippen LogP contribution in [0.4, 0.5) is 5.13 Å². The molecule has 0 fully saturated rings. The second-order valence-corrected chi connectivity index (χ2v) is 7.99. The molecular weight excluding hydrogens is 374 g/mol. The van der Waals surface area contributed by atoms with E-state index in [-0.39, 0.29) is 11.8 Å². The Morgan fingerprint density at radius 2 is 1.93 bits per heavy atom. The van der Waals surface area contributed by atoms with E-state index in [1.807, 2.05) is 5.38 Å². The molecule has 1 aromatic carbocycles. The number of thiazole rings is 1. The maximum absolute atomic E-state index is 12.4. The Morgan fingerprint density at radius 3 is 2.57 bits per heavy atom. The largest absolute Gasteiger partial charge is 0.370 e. The summed E-state index contributed by atoms with van der Waals surface area (Å²) < 4.78 is 0. The molecule has 8 heteroatoms. The molecule has 2 heterocycles. The van der Waals surface area contributed by atoms with Crippen LogP contribution in [0.15, 0.2) is 34.6 Å². The number of fused-ring (bicyclic) bond motifs is 1. The van der Waals surface area contributed by atoms with Gasteiger partial charge in [-0.15, -0.1) is 11.3 Å². The van der Waals surface area contributed by atoms with Crippen molar-refractivity contribution in [1.82, 2.24) is 9.88 Å². The van der Waals surface area contributed by atoms with Crippen LogP contribution in [-0.2, 0) is 6.42 Å². The summed E-state index contributed by atoms with van der Waals surface area (Å²) >= 11 is 1.46. The molecule has 1 aromatic heterocycles. The number of benzene rings is 1. The van der Waals surface area contributed by atoms with Gasteiger partial charge in [0.15, 0.2) is 11.1 Å². The SMILES string of the molecule is CC(C)CCN=C(N)Nc1nc(CCCN2C(=O)c3ccccc3C2=O)cs1. The van der Waals surface area contributed by atoms with Gasteiger partial charge >= 0.3 is 0 Å². The number of carbonyl (C=O) groups excluding carboxylic acids is 2. The van der Waals surface area contributed by atoms with Gasteiger partial charge in [-0.3, -0.25) is 19.5 Å². The molecule has 0 radical (unpaired) electrons. The van der Waals surface area contributed by atoms with E-state index in [1.165, 1.54) is 16.2 Å². The Hall–Kier alpha value is -2.74. The van der Waals surface area contributed by atoms with Crippen molar-refractivity contribution in [3.63, 3.8) is 0 Å². The van der Waals surface area contributed by atoms with E-state index in [1.54, 1.807) is 24.3 Å². The zero-order valence-corrected chi connectivity index (χ0v) is 17.0. The fourth-order valence-corrected chi connectivity index (χ4v) is 3.68. The van der Waals surface area contributed by atoms with E-state index in [4.69, 9.17) is 5.73 Å². The van der Waals surface area contributed by atoms with E-state index < -0.39 is 0 Å². The summed E-state index contributed by atoms with van der Waals surface area (Å²) in [6, 6.07) is 6.94. The third kappa shape index (κ3) is 4.75. The summed E-state index contributed by atoms with van der Waals surface area (Å²) in [5.74, 6) is 0.524. The molecule has 1 aliphatic heterocycles.